The predicted octanol–water partition coefficient (Wildman–Crippen LogP) is 0.898. The Morgan fingerprint density at radius 2 is 2.06 bits per heavy atom. The van der Waals surface area contributed by atoms with Crippen LogP contribution >= 0.6 is 0 Å². The summed E-state index contributed by atoms with van der Waals surface area (Å²) in [6, 6.07) is 0.670. The molecule has 0 radical (unpaired) electrons. The molecule has 2 heterocycles. The third-order valence-electron chi connectivity index (χ3n) is 4.30. The molecule has 3 aliphatic rings. The minimum Gasteiger partial charge on any atom is -0.335 e. The number of amides is 1. The molecule has 5 heteroatoms. The Hall–Kier alpha value is -0.650. The van der Waals surface area contributed by atoms with Crippen LogP contribution in [0.1, 0.15) is 33.6 Å². The largest absolute Gasteiger partial charge is 0.335 e. The molecule has 0 bridgehead atoms. The van der Waals surface area contributed by atoms with Gasteiger partial charge < -0.3 is 14.4 Å². The molecular weight excluding hydrogens is 232 g/mol. The van der Waals surface area contributed by atoms with Crippen molar-refractivity contribution in [2.45, 2.75) is 58.2 Å². The summed E-state index contributed by atoms with van der Waals surface area (Å²) in [6.07, 6.45) is 1.95. The lowest BCUT2D eigenvalue weighted by Gasteiger charge is -2.36. The first-order valence-electron chi connectivity index (χ1n) is 6.89. The number of nitrogens with zero attached hydrogens (tertiary/aromatic N) is 1. The second-order valence-electron chi connectivity index (χ2n) is 6.06. The number of fused-ring (bicyclic) bond motifs is 1. The lowest BCUT2D eigenvalue weighted by Crippen LogP contribution is -2.57. The molecule has 1 N–H and O–H groups in total. The summed E-state index contributed by atoms with van der Waals surface area (Å²) in [6.45, 7) is 6.58. The highest BCUT2D eigenvalue weighted by Gasteiger charge is 2.53. The van der Waals surface area contributed by atoms with E-state index < -0.39 is 6.41 Å². The van der Waals surface area contributed by atoms with Crippen molar-refractivity contribution in [2.75, 3.05) is 6.79 Å². The van der Waals surface area contributed by atoms with Gasteiger partial charge in [0.05, 0.1) is 6.04 Å². The van der Waals surface area contributed by atoms with Crippen LogP contribution < -0.4 is 5.32 Å². The van der Waals surface area contributed by atoms with E-state index in [1.165, 1.54) is 6.42 Å². The van der Waals surface area contributed by atoms with Crippen LogP contribution in [0.3, 0.4) is 0 Å². The number of hydrogen-bond acceptors (Lipinski definition) is 4. The van der Waals surface area contributed by atoms with Crippen molar-refractivity contribution in [3.8, 4) is 0 Å². The molecule has 0 aromatic rings. The van der Waals surface area contributed by atoms with Gasteiger partial charge in [0.2, 0.25) is 12.3 Å². The number of nitrogens with one attached hydrogen (secondary N) is 1. The van der Waals surface area contributed by atoms with Crippen molar-refractivity contribution in [1.29, 1.82) is 0 Å². The van der Waals surface area contributed by atoms with Crippen molar-refractivity contribution < 1.29 is 14.3 Å². The van der Waals surface area contributed by atoms with Gasteiger partial charge in [-0.3, -0.25) is 10.1 Å². The van der Waals surface area contributed by atoms with E-state index in [1.54, 1.807) is 0 Å². The molecule has 2 saturated heterocycles. The Balaban J connectivity index is 1.67. The first kappa shape index (κ1) is 12.4. The van der Waals surface area contributed by atoms with Crippen LogP contribution in [-0.4, -0.2) is 42.1 Å². The molecular formula is C13H22N2O3. The first-order chi connectivity index (χ1) is 8.58. The number of ether oxygens (including phenoxy) is 2. The lowest BCUT2D eigenvalue weighted by molar-refractivity contribution is -0.335. The van der Waals surface area contributed by atoms with Gasteiger partial charge in [-0.15, -0.1) is 0 Å². The van der Waals surface area contributed by atoms with Crippen LogP contribution in [0, 0.1) is 11.8 Å². The highest BCUT2D eigenvalue weighted by molar-refractivity contribution is 5.83. The maximum absolute atomic E-state index is 12.7. The molecule has 18 heavy (non-hydrogen) atoms. The summed E-state index contributed by atoms with van der Waals surface area (Å²) in [4.78, 5) is 14.7. The quantitative estimate of drug-likeness (QED) is 0.810. The standard InChI is InChI=1S/C13H22N2O3/c1-7(2)11(14-13-17-6-18-13)12(16)15-8(3)4-9-5-10(9)15/h7-11,13-14H,4-6H2,1-3H3/t8?,9-,10+,11+/m1/s1. The van der Waals surface area contributed by atoms with Gasteiger partial charge in [0.1, 0.15) is 0 Å². The fourth-order valence-electron chi connectivity index (χ4n) is 3.17. The molecule has 1 amide bonds. The average Bonchev–Trinajstić information content (AvgIpc) is 2.88. The van der Waals surface area contributed by atoms with Gasteiger partial charge >= 0.3 is 0 Å². The molecule has 3 fully saturated rings. The number of hydrogen-bond donors (Lipinski definition) is 1. The van der Waals surface area contributed by atoms with E-state index in [-0.39, 0.29) is 17.9 Å². The fourth-order valence-corrected chi connectivity index (χ4v) is 3.17. The molecule has 1 aliphatic carbocycles. The third kappa shape index (κ3) is 2.04. The molecule has 1 saturated carbocycles. The zero-order valence-electron chi connectivity index (χ0n) is 11.3. The van der Waals surface area contributed by atoms with Gasteiger partial charge in [-0.05, 0) is 31.6 Å². The number of rotatable bonds is 4. The number of carbonyl (C=O) groups is 1. The van der Waals surface area contributed by atoms with Crippen molar-refractivity contribution >= 4 is 5.91 Å². The van der Waals surface area contributed by atoms with E-state index in [4.69, 9.17) is 9.47 Å². The SMILES string of the molecule is CC(C)[C@H](NC1OCO1)C(=O)N1C(C)C[C@@H]2C[C@@H]21. The molecule has 4 atom stereocenters. The maximum Gasteiger partial charge on any atom is 0.240 e. The van der Waals surface area contributed by atoms with Gasteiger partial charge in [0.15, 0.2) is 6.79 Å². The van der Waals surface area contributed by atoms with Gasteiger partial charge in [-0.1, -0.05) is 13.8 Å². The molecule has 2 aliphatic heterocycles. The van der Waals surface area contributed by atoms with Crippen LogP contribution in [0.4, 0.5) is 0 Å². The minimum atomic E-state index is -0.408. The Bertz CT molecular complexity index is 341. The Morgan fingerprint density at radius 1 is 1.33 bits per heavy atom. The number of carbonyl (C=O) groups excluding carboxylic acids is 1. The lowest BCUT2D eigenvalue weighted by atomic mass is 10.0. The minimum absolute atomic E-state index is 0.210. The molecule has 102 valence electrons. The van der Waals surface area contributed by atoms with Crippen LogP contribution in [0.2, 0.25) is 0 Å². The summed E-state index contributed by atoms with van der Waals surface area (Å²) in [7, 11) is 0. The van der Waals surface area contributed by atoms with E-state index in [0.717, 1.165) is 12.3 Å². The summed E-state index contributed by atoms with van der Waals surface area (Å²) < 4.78 is 10.4. The van der Waals surface area contributed by atoms with Crippen molar-refractivity contribution in [3.63, 3.8) is 0 Å². The molecule has 5 nitrogen and oxygen atoms in total. The molecule has 0 aromatic carbocycles. The summed E-state index contributed by atoms with van der Waals surface area (Å²) in [5, 5.41) is 3.15. The highest BCUT2D eigenvalue weighted by Crippen LogP contribution is 2.48. The zero-order valence-corrected chi connectivity index (χ0v) is 11.3. The van der Waals surface area contributed by atoms with Crippen molar-refractivity contribution in [3.05, 3.63) is 0 Å². The topological polar surface area (TPSA) is 50.8 Å². The predicted molar refractivity (Wildman–Crippen MR) is 65.4 cm³/mol. The van der Waals surface area contributed by atoms with E-state index in [9.17, 15) is 4.79 Å². The van der Waals surface area contributed by atoms with E-state index in [2.05, 4.69) is 31.0 Å². The number of piperidine rings is 1. The van der Waals surface area contributed by atoms with E-state index in [0.29, 0.717) is 18.9 Å². The van der Waals surface area contributed by atoms with Crippen molar-refractivity contribution in [1.82, 2.24) is 10.2 Å². The average molecular weight is 254 g/mol. The third-order valence-corrected chi connectivity index (χ3v) is 4.30. The van der Waals surface area contributed by atoms with Crippen LogP contribution in [0.5, 0.6) is 0 Å². The van der Waals surface area contributed by atoms with Gasteiger partial charge in [0, 0.05) is 12.1 Å². The normalized spacial score (nSPS) is 36.4. The molecule has 0 aromatic heterocycles. The van der Waals surface area contributed by atoms with Crippen LogP contribution in [0.15, 0.2) is 0 Å². The van der Waals surface area contributed by atoms with Crippen LogP contribution in [0.25, 0.3) is 0 Å². The van der Waals surface area contributed by atoms with E-state index in [1.807, 2.05) is 0 Å². The Labute approximate surface area is 108 Å². The first-order valence-corrected chi connectivity index (χ1v) is 6.89. The monoisotopic (exact) mass is 254 g/mol. The summed E-state index contributed by atoms with van der Waals surface area (Å²) in [5.74, 6) is 1.20. The van der Waals surface area contributed by atoms with Crippen LogP contribution in [-0.2, 0) is 14.3 Å². The molecule has 1 unspecified atom stereocenters. The highest BCUT2D eigenvalue weighted by atomic mass is 16.9. The van der Waals surface area contributed by atoms with Gasteiger partial charge in [-0.2, -0.15) is 0 Å². The summed E-state index contributed by atoms with van der Waals surface area (Å²) in [5.41, 5.74) is 0. The fraction of sp³-hybridized carbons (Fsp3) is 0.923. The van der Waals surface area contributed by atoms with E-state index >= 15 is 0 Å². The Morgan fingerprint density at radius 3 is 2.50 bits per heavy atom. The number of likely N-dealkylation sites (tertiary alicyclic amines) is 1. The second kappa shape index (κ2) is 4.47. The van der Waals surface area contributed by atoms with Gasteiger partial charge in [0.25, 0.3) is 0 Å². The van der Waals surface area contributed by atoms with Gasteiger partial charge in [-0.25, -0.2) is 0 Å². The Kier molecular flexibility index (Phi) is 3.08. The summed E-state index contributed by atoms with van der Waals surface area (Å²) >= 11 is 0. The smallest absolute Gasteiger partial charge is 0.240 e. The maximum atomic E-state index is 12.7. The zero-order chi connectivity index (χ0) is 12.9. The second-order valence-corrected chi connectivity index (χ2v) is 6.06. The van der Waals surface area contributed by atoms with Crippen molar-refractivity contribution in [2.24, 2.45) is 11.8 Å². The molecule has 3 rings (SSSR count). The molecule has 0 spiro atoms.